The lowest BCUT2D eigenvalue weighted by atomic mass is 10.1. The Bertz CT molecular complexity index is 882. The third-order valence-electron chi connectivity index (χ3n) is 5.98. The topological polar surface area (TPSA) is 53.6 Å². The Morgan fingerprint density at radius 1 is 1.11 bits per heavy atom. The summed E-state index contributed by atoms with van der Waals surface area (Å²) in [5.74, 6) is 0. The molecular formula is C22H25N3O2. The van der Waals surface area contributed by atoms with Gasteiger partial charge in [0.05, 0.1) is 12.7 Å². The molecule has 3 atom stereocenters. The maximum absolute atomic E-state index is 12.5. The summed E-state index contributed by atoms with van der Waals surface area (Å²) in [7, 11) is 0. The molecule has 27 heavy (non-hydrogen) atoms. The van der Waals surface area contributed by atoms with Crippen LogP contribution >= 0.6 is 0 Å². The molecule has 0 unspecified atom stereocenters. The Kier molecular flexibility index (Phi) is 4.14. The molecule has 1 aliphatic carbocycles. The van der Waals surface area contributed by atoms with Crippen molar-refractivity contribution >= 4 is 11.7 Å². The summed E-state index contributed by atoms with van der Waals surface area (Å²) in [6.45, 7) is 4.74. The third kappa shape index (κ3) is 3.22. The highest BCUT2D eigenvalue weighted by atomic mass is 16.5. The molecular weight excluding hydrogens is 338 g/mol. The first kappa shape index (κ1) is 16.8. The summed E-state index contributed by atoms with van der Waals surface area (Å²) in [5, 5.41) is 6.15. The molecule has 140 valence electrons. The van der Waals surface area contributed by atoms with E-state index in [1.807, 2.05) is 6.07 Å². The minimum absolute atomic E-state index is 0.121. The van der Waals surface area contributed by atoms with Crippen LogP contribution in [0.2, 0.25) is 0 Å². The van der Waals surface area contributed by atoms with Gasteiger partial charge in [0, 0.05) is 30.9 Å². The molecule has 0 bridgehead atoms. The van der Waals surface area contributed by atoms with E-state index in [4.69, 9.17) is 4.74 Å². The molecule has 2 fully saturated rings. The lowest BCUT2D eigenvalue weighted by molar-refractivity contribution is -0.0390. The van der Waals surface area contributed by atoms with Crippen molar-refractivity contribution in [2.24, 2.45) is 0 Å². The van der Waals surface area contributed by atoms with Crippen molar-refractivity contribution in [3.05, 3.63) is 53.6 Å². The van der Waals surface area contributed by atoms with Crippen LogP contribution in [0, 0.1) is 0 Å². The number of anilines is 1. The van der Waals surface area contributed by atoms with Gasteiger partial charge < -0.3 is 15.4 Å². The van der Waals surface area contributed by atoms with E-state index >= 15 is 0 Å². The van der Waals surface area contributed by atoms with Crippen LogP contribution in [-0.4, -0.2) is 48.8 Å². The van der Waals surface area contributed by atoms with Gasteiger partial charge in [0.1, 0.15) is 0 Å². The maximum Gasteiger partial charge on any atom is 0.319 e. The fourth-order valence-electron chi connectivity index (χ4n) is 4.72. The number of rotatable bonds is 2. The number of amides is 2. The largest absolute Gasteiger partial charge is 0.376 e. The average molecular weight is 363 g/mol. The Morgan fingerprint density at radius 3 is 2.89 bits per heavy atom. The first-order valence-corrected chi connectivity index (χ1v) is 9.80. The predicted molar refractivity (Wildman–Crippen MR) is 106 cm³/mol. The summed E-state index contributed by atoms with van der Waals surface area (Å²) in [6.07, 6.45) is 2.17. The van der Waals surface area contributed by atoms with Crippen LogP contribution in [0.4, 0.5) is 10.5 Å². The second kappa shape index (κ2) is 6.66. The smallest absolute Gasteiger partial charge is 0.319 e. The zero-order valence-electron chi connectivity index (χ0n) is 15.6. The molecule has 0 saturated carbocycles. The minimum atomic E-state index is -0.121. The highest BCUT2D eigenvalue weighted by Crippen LogP contribution is 2.37. The van der Waals surface area contributed by atoms with Crippen LogP contribution < -0.4 is 10.6 Å². The third-order valence-corrected chi connectivity index (χ3v) is 5.98. The summed E-state index contributed by atoms with van der Waals surface area (Å²) in [6, 6.07) is 15.2. The second-order valence-electron chi connectivity index (χ2n) is 7.99. The van der Waals surface area contributed by atoms with Crippen molar-refractivity contribution in [2.75, 3.05) is 25.0 Å². The van der Waals surface area contributed by atoms with Gasteiger partial charge in [-0.05, 0) is 54.2 Å². The van der Waals surface area contributed by atoms with Crippen molar-refractivity contribution in [2.45, 2.75) is 38.0 Å². The van der Waals surface area contributed by atoms with E-state index in [2.05, 4.69) is 58.9 Å². The minimum Gasteiger partial charge on any atom is -0.376 e. The number of urea groups is 1. The van der Waals surface area contributed by atoms with Gasteiger partial charge in [-0.15, -0.1) is 0 Å². The SMILES string of the molecule is C[C@H]1CN2C[C@@H](NC(=O)Nc3ccc4c(c3)Cc3ccccc3-4)C[C@H]2CO1. The quantitative estimate of drug-likeness (QED) is 0.735. The van der Waals surface area contributed by atoms with Crippen molar-refractivity contribution in [1.29, 1.82) is 0 Å². The number of hydrogen-bond donors (Lipinski definition) is 2. The van der Waals surface area contributed by atoms with Crippen molar-refractivity contribution in [3.63, 3.8) is 0 Å². The number of fused-ring (bicyclic) bond motifs is 4. The fraction of sp³-hybridized carbons (Fsp3) is 0.409. The number of nitrogens with zero attached hydrogens (tertiary/aromatic N) is 1. The van der Waals surface area contributed by atoms with E-state index < -0.39 is 0 Å². The summed E-state index contributed by atoms with van der Waals surface area (Å²) >= 11 is 0. The van der Waals surface area contributed by atoms with Gasteiger partial charge in [-0.3, -0.25) is 4.90 Å². The van der Waals surface area contributed by atoms with Gasteiger partial charge in [-0.25, -0.2) is 4.79 Å². The van der Waals surface area contributed by atoms with E-state index in [1.54, 1.807) is 0 Å². The van der Waals surface area contributed by atoms with Crippen molar-refractivity contribution in [3.8, 4) is 11.1 Å². The zero-order valence-corrected chi connectivity index (χ0v) is 15.6. The Morgan fingerprint density at radius 2 is 1.96 bits per heavy atom. The normalized spacial score (nSPS) is 26.2. The van der Waals surface area contributed by atoms with Crippen LogP contribution in [0.5, 0.6) is 0 Å². The van der Waals surface area contributed by atoms with Gasteiger partial charge >= 0.3 is 6.03 Å². The van der Waals surface area contributed by atoms with E-state index in [-0.39, 0.29) is 18.2 Å². The first-order chi connectivity index (χ1) is 13.2. The number of nitrogens with one attached hydrogen (secondary N) is 2. The molecule has 5 nitrogen and oxygen atoms in total. The molecule has 2 aromatic rings. The van der Waals surface area contributed by atoms with Crippen LogP contribution in [0.1, 0.15) is 24.5 Å². The summed E-state index contributed by atoms with van der Waals surface area (Å²) < 4.78 is 5.74. The monoisotopic (exact) mass is 363 g/mol. The number of carbonyl (C=O) groups excluding carboxylic acids is 1. The standard InChI is InChI=1S/C22H25N3O2/c1-14-11-25-12-18(10-19(25)13-27-14)24-22(26)23-17-6-7-21-16(9-17)8-15-4-2-3-5-20(15)21/h2-7,9,14,18-19H,8,10-13H2,1H3,(H2,23,24,26)/t14-,18-,19-/m0/s1. The lowest BCUT2D eigenvalue weighted by Gasteiger charge is -2.33. The maximum atomic E-state index is 12.5. The number of benzene rings is 2. The van der Waals surface area contributed by atoms with Crippen molar-refractivity contribution < 1.29 is 9.53 Å². The van der Waals surface area contributed by atoms with Gasteiger partial charge in [0.25, 0.3) is 0 Å². The summed E-state index contributed by atoms with van der Waals surface area (Å²) in [4.78, 5) is 14.9. The molecule has 0 spiro atoms. The lowest BCUT2D eigenvalue weighted by Crippen LogP contribution is -2.45. The molecule has 5 rings (SSSR count). The zero-order chi connectivity index (χ0) is 18.4. The molecule has 2 heterocycles. The number of morpholine rings is 1. The number of hydrogen-bond acceptors (Lipinski definition) is 3. The summed E-state index contributed by atoms with van der Waals surface area (Å²) in [5.41, 5.74) is 6.07. The Hall–Kier alpha value is -2.37. The van der Waals surface area contributed by atoms with E-state index in [0.29, 0.717) is 6.04 Å². The van der Waals surface area contributed by atoms with E-state index in [1.165, 1.54) is 22.3 Å². The Balaban J connectivity index is 1.22. The fourth-order valence-corrected chi connectivity index (χ4v) is 4.72. The van der Waals surface area contributed by atoms with Crippen LogP contribution in [0.15, 0.2) is 42.5 Å². The van der Waals surface area contributed by atoms with Gasteiger partial charge in [-0.1, -0.05) is 30.3 Å². The first-order valence-electron chi connectivity index (χ1n) is 9.80. The number of carbonyl (C=O) groups is 1. The average Bonchev–Trinajstić information content (AvgIpc) is 3.20. The van der Waals surface area contributed by atoms with Crippen molar-refractivity contribution in [1.82, 2.24) is 10.2 Å². The molecule has 0 radical (unpaired) electrons. The highest BCUT2D eigenvalue weighted by Gasteiger charge is 2.36. The molecule has 2 amide bonds. The molecule has 2 saturated heterocycles. The molecule has 0 aromatic heterocycles. The van der Waals surface area contributed by atoms with E-state index in [0.717, 1.165) is 38.2 Å². The molecule has 5 heteroatoms. The molecule has 2 N–H and O–H groups in total. The molecule has 2 aliphatic heterocycles. The highest BCUT2D eigenvalue weighted by molar-refractivity contribution is 5.90. The van der Waals surface area contributed by atoms with Crippen LogP contribution in [-0.2, 0) is 11.2 Å². The second-order valence-corrected chi connectivity index (χ2v) is 7.99. The van der Waals surface area contributed by atoms with Gasteiger partial charge in [0.2, 0.25) is 0 Å². The van der Waals surface area contributed by atoms with Gasteiger partial charge in [-0.2, -0.15) is 0 Å². The molecule has 3 aliphatic rings. The van der Waals surface area contributed by atoms with Crippen LogP contribution in [0.25, 0.3) is 11.1 Å². The van der Waals surface area contributed by atoms with Crippen LogP contribution in [0.3, 0.4) is 0 Å². The Labute approximate surface area is 159 Å². The van der Waals surface area contributed by atoms with E-state index in [9.17, 15) is 4.79 Å². The number of ether oxygens (including phenoxy) is 1. The predicted octanol–water partition coefficient (Wildman–Crippen LogP) is 3.24. The molecule has 2 aromatic carbocycles. The van der Waals surface area contributed by atoms with Gasteiger partial charge in [0.15, 0.2) is 0 Å².